The molecule has 0 aromatic rings. The molecule has 0 radical (unpaired) electrons. The number of piperidine rings is 1. The summed E-state index contributed by atoms with van der Waals surface area (Å²) >= 11 is 0. The van der Waals surface area contributed by atoms with Crippen LogP contribution in [0.2, 0.25) is 0 Å². The lowest BCUT2D eigenvalue weighted by molar-refractivity contribution is -0.134. The first-order chi connectivity index (χ1) is 8.26. The zero-order chi connectivity index (χ0) is 13.5. The maximum atomic E-state index is 12.0. The van der Waals surface area contributed by atoms with Crippen LogP contribution in [0.1, 0.15) is 33.6 Å². The number of carbonyl (C=O) groups excluding carboxylic acids is 2. The van der Waals surface area contributed by atoms with Gasteiger partial charge in [0.2, 0.25) is 0 Å². The Morgan fingerprint density at radius 2 is 1.78 bits per heavy atom. The number of ketones is 1. The normalized spacial score (nSPS) is 32.3. The Labute approximate surface area is 108 Å². The SMILES string of the molecule is CC(C)(C)OC(=O)N1CC2CC(N)CC(C1)C2=O. The van der Waals surface area contributed by atoms with Crippen molar-refractivity contribution in [1.29, 1.82) is 0 Å². The lowest BCUT2D eigenvalue weighted by atomic mass is 9.74. The van der Waals surface area contributed by atoms with Gasteiger partial charge in [0, 0.05) is 31.0 Å². The van der Waals surface area contributed by atoms with Gasteiger partial charge in [-0.3, -0.25) is 4.79 Å². The summed E-state index contributed by atoms with van der Waals surface area (Å²) in [6, 6.07) is 0.0958. The quantitative estimate of drug-likeness (QED) is 0.704. The molecule has 2 unspecified atom stereocenters. The van der Waals surface area contributed by atoms with Crippen molar-refractivity contribution in [1.82, 2.24) is 4.90 Å². The fraction of sp³-hybridized carbons (Fsp3) is 0.846. The highest BCUT2D eigenvalue weighted by atomic mass is 16.6. The highest BCUT2D eigenvalue weighted by molar-refractivity contribution is 5.87. The summed E-state index contributed by atoms with van der Waals surface area (Å²) in [5.74, 6) is 0.0801. The van der Waals surface area contributed by atoms with E-state index in [4.69, 9.17) is 10.5 Å². The van der Waals surface area contributed by atoms with Crippen molar-refractivity contribution in [2.45, 2.75) is 45.3 Å². The number of amides is 1. The van der Waals surface area contributed by atoms with Crippen LogP contribution in [0.3, 0.4) is 0 Å². The lowest BCUT2D eigenvalue weighted by Gasteiger charge is -2.42. The van der Waals surface area contributed by atoms with Gasteiger partial charge in [-0.2, -0.15) is 0 Å². The van der Waals surface area contributed by atoms with Crippen molar-refractivity contribution >= 4 is 11.9 Å². The summed E-state index contributed by atoms with van der Waals surface area (Å²) in [5.41, 5.74) is 5.43. The molecule has 2 fully saturated rings. The second-order valence-electron chi connectivity index (χ2n) is 6.41. The summed E-state index contributed by atoms with van der Waals surface area (Å²) in [4.78, 5) is 25.6. The van der Waals surface area contributed by atoms with E-state index in [1.165, 1.54) is 0 Å². The molecule has 2 N–H and O–H groups in total. The molecule has 1 heterocycles. The molecule has 2 aliphatic rings. The van der Waals surface area contributed by atoms with E-state index in [2.05, 4.69) is 0 Å². The van der Waals surface area contributed by atoms with Crippen molar-refractivity contribution in [3.8, 4) is 0 Å². The number of ether oxygens (including phenoxy) is 1. The molecule has 1 saturated carbocycles. The average molecular weight is 254 g/mol. The number of fused-ring (bicyclic) bond motifs is 2. The topological polar surface area (TPSA) is 72.6 Å². The van der Waals surface area contributed by atoms with Crippen molar-refractivity contribution in [3.63, 3.8) is 0 Å². The first kappa shape index (κ1) is 13.3. The smallest absolute Gasteiger partial charge is 0.410 e. The maximum absolute atomic E-state index is 12.0. The molecule has 1 aliphatic carbocycles. The van der Waals surface area contributed by atoms with Crippen LogP contribution in [0.15, 0.2) is 0 Å². The zero-order valence-corrected chi connectivity index (χ0v) is 11.3. The van der Waals surface area contributed by atoms with E-state index in [0.717, 1.165) is 0 Å². The molecule has 0 aromatic carbocycles. The van der Waals surface area contributed by atoms with Crippen LogP contribution in [0.5, 0.6) is 0 Å². The summed E-state index contributed by atoms with van der Waals surface area (Å²) in [7, 11) is 0. The predicted octanol–water partition coefficient (Wildman–Crippen LogP) is 1.16. The number of carbonyl (C=O) groups is 2. The van der Waals surface area contributed by atoms with E-state index in [1.807, 2.05) is 20.8 Å². The number of hydrogen-bond donors (Lipinski definition) is 1. The second kappa shape index (κ2) is 4.53. The van der Waals surface area contributed by atoms with E-state index in [9.17, 15) is 9.59 Å². The molecular formula is C13H22N2O3. The molecule has 5 nitrogen and oxygen atoms in total. The van der Waals surface area contributed by atoms with Crippen LogP contribution >= 0.6 is 0 Å². The molecule has 1 saturated heterocycles. The third-order valence-corrected chi connectivity index (χ3v) is 3.51. The Balaban J connectivity index is 2.02. The molecule has 0 aromatic heterocycles. The number of nitrogens with two attached hydrogens (primary N) is 1. The first-order valence-corrected chi connectivity index (χ1v) is 6.53. The first-order valence-electron chi connectivity index (χ1n) is 6.53. The van der Waals surface area contributed by atoms with Gasteiger partial charge < -0.3 is 15.4 Å². The summed E-state index contributed by atoms with van der Waals surface area (Å²) in [6.45, 7) is 6.44. The summed E-state index contributed by atoms with van der Waals surface area (Å²) < 4.78 is 5.35. The number of hydrogen-bond acceptors (Lipinski definition) is 4. The number of Topliss-reactive ketones (excluding diaryl/α,β-unsaturated/α-hetero) is 1. The van der Waals surface area contributed by atoms with Crippen LogP contribution in [0.25, 0.3) is 0 Å². The number of nitrogens with zero attached hydrogens (tertiary/aromatic N) is 1. The summed E-state index contributed by atoms with van der Waals surface area (Å²) in [5, 5.41) is 0. The Bertz CT molecular complexity index is 344. The van der Waals surface area contributed by atoms with E-state index >= 15 is 0 Å². The van der Waals surface area contributed by atoms with Gasteiger partial charge in [0.1, 0.15) is 11.4 Å². The van der Waals surface area contributed by atoms with Crippen LogP contribution in [-0.2, 0) is 9.53 Å². The fourth-order valence-corrected chi connectivity index (χ4v) is 2.80. The van der Waals surface area contributed by atoms with Gasteiger partial charge in [0.25, 0.3) is 0 Å². The van der Waals surface area contributed by atoms with Crippen molar-refractivity contribution < 1.29 is 14.3 Å². The van der Waals surface area contributed by atoms with E-state index < -0.39 is 5.60 Å². The van der Waals surface area contributed by atoms with Crippen LogP contribution in [0, 0.1) is 11.8 Å². The Kier molecular flexibility index (Phi) is 3.36. The zero-order valence-electron chi connectivity index (χ0n) is 11.3. The fourth-order valence-electron chi connectivity index (χ4n) is 2.80. The minimum Gasteiger partial charge on any atom is -0.444 e. The molecule has 2 bridgehead atoms. The van der Waals surface area contributed by atoms with Gasteiger partial charge in [-0.1, -0.05) is 0 Å². The lowest BCUT2D eigenvalue weighted by Crippen LogP contribution is -2.55. The highest BCUT2D eigenvalue weighted by Crippen LogP contribution is 2.31. The average Bonchev–Trinajstić information content (AvgIpc) is 2.17. The molecule has 5 heteroatoms. The van der Waals surface area contributed by atoms with E-state index in [1.54, 1.807) is 4.90 Å². The van der Waals surface area contributed by atoms with Gasteiger partial charge in [0.05, 0.1) is 0 Å². The van der Waals surface area contributed by atoms with Gasteiger partial charge in [-0.25, -0.2) is 4.79 Å². The Hall–Kier alpha value is -1.10. The number of likely N-dealkylation sites (tertiary alicyclic amines) is 1. The van der Waals surface area contributed by atoms with Crippen molar-refractivity contribution in [3.05, 3.63) is 0 Å². The minimum absolute atomic E-state index is 0.0958. The van der Waals surface area contributed by atoms with Crippen LogP contribution in [0.4, 0.5) is 4.79 Å². The van der Waals surface area contributed by atoms with Crippen LogP contribution in [-0.4, -0.2) is 41.5 Å². The molecule has 102 valence electrons. The maximum Gasteiger partial charge on any atom is 0.410 e. The van der Waals surface area contributed by atoms with Gasteiger partial charge in [-0.05, 0) is 33.6 Å². The molecule has 0 spiro atoms. The molecule has 1 amide bonds. The monoisotopic (exact) mass is 254 g/mol. The Morgan fingerprint density at radius 1 is 1.28 bits per heavy atom. The largest absolute Gasteiger partial charge is 0.444 e. The standard InChI is InChI=1S/C13H22N2O3/c1-13(2,3)18-12(17)15-6-8-4-10(14)5-9(7-15)11(8)16/h8-10H,4-7,14H2,1-3H3. The van der Waals surface area contributed by atoms with E-state index in [0.29, 0.717) is 25.9 Å². The van der Waals surface area contributed by atoms with Gasteiger partial charge in [-0.15, -0.1) is 0 Å². The predicted molar refractivity (Wildman–Crippen MR) is 67.0 cm³/mol. The third-order valence-electron chi connectivity index (χ3n) is 3.51. The molecular weight excluding hydrogens is 232 g/mol. The van der Waals surface area contributed by atoms with Crippen molar-refractivity contribution in [2.75, 3.05) is 13.1 Å². The molecule has 1 aliphatic heterocycles. The third kappa shape index (κ3) is 2.83. The van der Waals surface area contributed by atoms with Crippen molar-refractivity contribution in [2.24, 2.45) is 17.6 Å². The molecule has 18 heavy (non-hydrogen) atoms. The second-order valence-corrected chi connectivity index (χ2v) is 6.41. The molecule has 2 atom stereocenters. The van der Waals surface area contributed by atoms with Gasteiger partial charge in [0.15, 0.2) is 0 Å². The number of rotatable bonds is 0. The Morgan fingerprint density at radius 3 is 2.22 bits per heavy atom. The highest BCUT2D eigenvalue weighted by Gasteiger charge is 2.43. The summed E-state index contributed by atoms with van der Waals surface area (Å²) in [6.07, 6.45) is 1.06. The van der Waals surface area contributed by atoms with Crippen LogP contribution < -0.4 is 5.73 Å². The van der Waals surface area contributed by atoms with E-state index in [-0.39, 0.29) is 29.8 Å². The molecule has 2 rings (SSSR count). The van der Waals surface area contributed by atoms with Gasteiger partial charge >= 0.3 is 6.09 Å². The minimum atomic E-state index is -0.496.